The Morgan fingerprint density at radius 3 is 2.90 bits per heavy atom. The van der Waals surface area contributed by atoms with Gasteiger partial charge in [0.05, 0.1) is 24.1 Å². The molecule has 1 saturated heterocycles. The highest BCUT2D eigenvalue weighted by molar-refractivity contribution is 5.70. The van der Waals surface area contributed by atoms with Gasteiger partial charge in [0, 0.05) is 31.8 Å². The number of nitrogens with zero attached hydrogens (tertiary/aromatic N) is 1. The Morgan fingerprint density at radius 2 is 2.19 bits per heavy atom. The summed E-state index contributed by atoms with van der Waals surface area (Å²) in [6.07, 6.45) is 3.17. The van der Waals surface area contributed by atoms with Crippen molar-refractivity contribution in [1.82, 2.24) is 0 Å². The third-order valence-electron chi connectivity index (χ3n) is 3.66. The molecule has 1 heterocycles. The first-order valence-electron chi connectivity index (χ1n) is 7.74. The molecule has 1 fully saturated rings. The fraction of sp³-hybridized carbons (Fsp3) is 0.625. The van der Waals surface area contributed by atoms with Gasteiger partial charge in [-0.05, 0) is 26.2 Å². The molecular weight excluding hydrogens is 271 g/mol. The second-order valence-electron chi connectivity index (χ2n) is 5.36. The van der Waals surface area contributed by atoms with Gasteiger partial charge in [-0.3, -0.25) is 0 Å². The number of hydrogen-bond donors (Lipinski definition) is 1. The zero-order chi connectivity index (χ0) is 15.2. The largest absolute Gasteiger partial charge is 0.490 e. The third-order valence-corrected chi connectivity index (χ3v) is 3.66. The van der Waals surface area contributed by atoms with Crippen molar-refractivity contribution in [2.45, 2.75) is 39.2 Å². The normalized spacial score (nSPS) is 18.8. The molecule has 1 aliphatic heterocycles. The van der Waals surface area contributed by atoms with Gasteiger partial charge < -0.3 is 20.1 Å². The zero-order valence-electron chi connectivity index (χ0n) is 12.9. The first-order valence-corrected chi connectivity index (χ1v) is 7.74. The van der Waals surface area contributed by atoms with Crippen LogP contribution in [0.25, 0.3) is 0 Å². The van der Waals surface area contributed by atoms with Crippen LogP contribution in [0, 0.1) is 5.82 Å². The number of rotatable bonds is 6. The van der Waals surface area contributed by atoms with Gasteiger partial charge in [0.25, 0.3) is 0 Å². The molecule has 1 aromatic carbocycles. The average Bonchev–Trinajstić information content (AvgIpc) is 2.47. The summed E-state index contributed by atoms with van der Waals surface area (Å²) in [4.78, 5) is 2.16. The van der Waals surface area contributed by atoms with Gasteiger partial charge >= 0.3 is 0 Å². The Morgan fingerprint density at radius 1 is 1.38 bits per heavy atom. The molecule has 0 spiro atoms. The summed E-state index contributed by atoms with van der Waals surface area (Å²) < 4.78 is 25.0. The minimum absolute atomic E-state index is 0.216. The molecule has 5 heteroatoms. The van der Waals surface area contributed by atoms with Crippen molar-refractivity contribution in [1.29, 1.82) is 0 Å². The molecule has 0 aliphatic carbocycles. The lowest BCUT2D eigenvalue weighted by molar-refractivity contribution is 0.0527. The molecule has 1 aromatic rings. The Kier molecular flexibility index (Phi) is 5.67. The van der Waals surface area contributed by atoms with Crippen LogP contribution in [0.15, 0.2) is 12.1 Å². The standard InChI is InChI=1S/C16H25FN2O2/c1-3-8-21-16-10-15(14(18)9-13(16)17)19-7-5-6-12(11-19)20-4-2/h9-10,12H,3-8,11,18H2,1-2H3. The Bertz CT molecular complexity index is 466. The van der Waals surface area contributed by atoms with E-state index in [1.54, 1.807) is 6.07 Å². The van der Waals surface area contributed by atoms with E-state index in [4.69, 9.17) is 15.2 Å². The lowest BCUT2D eigenvalue weighted by Crippen LogP contribution is -2.40. The summed E-state index contributed by atoms with van der Waals surface area (Å²) in [5.41, 5.74) is 7.28. The van der Waals surface area contributed by atoms with Crippen LogP contribution in [0.2, 0.25) is 0 Å². The van der Waals surface area contributed by atoms with E-state index in [1.165, 1.54) is 6.07 Å². The van der Waals surface area contributed by atoms with Crippen LogP contribution in [0.4, 0.5) is 15.8 Å². The highest BCUT2D eigenvalue weighted by Crippen LogP contribution is 2.33. The Hall–Kier alpha value is -1.49. The van der Waals surface area contributed by atoms with Gasteiger partial charge in [0.2, 0.25) is 0 Å². The molecule has 0 aromatic heterocycles. The predicted octanol–water partition coefficient (Wildman–Crippen LogP) is 3.20. The Labute approximate surface area is 126 Å². The maximum atomic E-state index is 13.9. The molecule has 0 saturated carbocycles. The van der Waals surface area contributed by atoms with Crippen molar-refractivity contribution in [3.63, 3.8) is 0 Å². The number of nitrogen functional groups attached to an aromatic ring is 1. The van der Waals surface area contributed by atoms with Gasteiger partial charge in [-0.25, -0.2) is 4.39 Å². The Balaban J connectivity index is 2.17. The maximum absolute atomic E-state index is 13.9. The lowest BCUT2D eigenvalue weighted by atomic mass is 10.1. The topological polar surface area (TPSA) is 47.7 Å². The van der Waals surface area contributed by atoms with Gasteiger partial charge in [-0.15, -0.1) is 0 Å². The van der Waals surface area contributed by atoms with E-state index < -0.39 is 5.82 Å². The number of nitrogens with two attached hydrogens (primary N) is 1. The highest BCUT2D eigenvalue weighted by Gasteiger charge is 2.23. The van der Waals surface area contributed by atoms with Crippen LogP contribution in [0.5, 0.6) is 5.75 Å². The molecule has 1 aliphatic rings. The van der Waals surface area contributed by atoms with Gasteiger partial charge in [-0.1, -0.05) is 6.92 Å². The number of hydrogen-bond acceptors (Lipinski definition) is 4. The van der Waals surface area contributed by atoms with Crippen LogP contribution in [0.1, 0.15) is 33.1 Å². The molecule has 0 amide bonds. The second-order valence-corrected chi connectivity index (χ2v) is 5.36. The lowest BCUT2D eigenvalue weighted by Gasteiger charge is -2.35. The van der Waals surface area contributed by atoms with Crippen molar-refractivity contribution < 1.29 is 13.9 Å². The number of anilines is 2. The van der Waals surface area contributed by atoms with Crippen LogP contribution < -0.4 is 15.4 Å². The molecule has 4 nitrogen and oxygen atoms in total. The summed E-state index contributed by atoms with van der Waals surface area (Å²) >= 11 is 0. The highest BCUT2D eigenvalue weighted by atomic mass is 19.1. The molecule has 2 N–H and O–H groups in total. The molecule has 0 radical (unpaired) electrons. The molecule has 0 bridgehead atoms. The first-order chi connectivity index (χ1) is 10.2. The van der Waals surface area contributed by atoms with Crippen LogP contribution >= 0.6 is 0 Å². The number of halogens is 1. The first kappa shape index (κ1) is 15.9. The summed E-state index contributed by atoms with van der Waals surface area (Å²) in [6, 6.07) is 3.07. The van der Waals surface area contributed by atoms with Crippen molar-refractivity contribution in [3.8, 4) is 5.75 Å². The van der Waals surface area contributed by atoms with E-state index in [0.29, 0.717) is 18.9 Å². The molecular formula is C16H25FN2O2. The summed E-state index contributed by atoms with van der Waals surface area (Å²) in [5.74, 6) is -0.123. The van der Waals surface area contributed by atoms with E-state index in [2.05, 4.69) is 4.90 Å². The maximum Gasteiger partial charge on any atom is 0.167 e. The number of ether oxygens (including phenoxy) is 2. The van der Waals surface area contributed by atoms with Crippen molar-refractivity contribution in [2.24, 2.45) is 0 Å². The van der Waals surface area contributed by atoms with Crippen LogP contribution in [-0.4, -0.2) is 32.4 Å². The minimum Gasteiger partial charge on any atom is -0.490 e. The fourth-order valence-corrected chi connectivity index (χ4v) is 2.68. The average molecular weight is 296 g/mol. The van der Waals surface area contributed by atoms with Crippen molar-refractivity contribution in [3.05, 3.63) is 17.9 Å². The molecule has 21 heavy (non-hydrogen) atoms. The summed E-state index contributed by atoms with van der Waals surface area (Å²) in [6.45, 7) is 6.91. The molecule has 1 unspecified atom stereocenters. The SMILES string of the molecule is CCCOc1cc(N2CCCC(OCC)C2)c(N)cc1F. The fourth-order valence-electron chi connectivity index (χ4n) is 2.68. The third kappa shape index (κ3) is 4.00. The van der Waals surface area contributed by atoms with E-state index >= 15 is 0 Å². The van der Waals surface area contributed by atoms with E-state index in [0.717, 1.165) is 38.0 Å². The zero-order valence-corrected chi connectivity index (χ0v) is 12.9. The smallest absolute Gasteiger partial charge is 0.167 e. The number of benzene rings is 1. The molecule has 118 valence electrons. The monoisotopic (exact) mass is 296 g/mol. The van der Waals surface area contributed by atoms with Gasteiger partial charge in [-0.2, -0.15) is 0 Å². The quantitative estimate of drug-likeness (QED) is 0.819. The van der Waals surface area contributed by atoms with Crippen LogP contribution in [-0.2, 0) is 4.74 Å². The molecule has 1 atom stereocenters. The number of piperidine rings is 1. The van der Waals surface area contributed by atoms with E-state index in [1.807, 2.05) is 13.8 Å². The van der Waals surface area contributed by atoms with Crippen molar-refractivity contribution in [2.75, 3.05) is 36.9 Å². The summed E-state index contributed by atoms with van der Waals surface area (Å²) in [7, 11) is 0. The van der Waals surface area contributed by atoms with Gasteiger partial charge in [0.15, 0.2) is 11.6 Å². The van der Waals surface area contributed by atoms with Gasteiger partial charge in [0.1, 0.15) is 0 Å². The second kappa shape index (κ2) is 7.50. The van der Waals surface area contributed by atoms with E-state index in [-0.39, 0.29) is 11.9 Å². The van der Waals surface area contributed by atoms with Crippen LogP contribution in [0.3, 0.4) is 0 Å². The minimum atomic E-state index is -0.400. The summed E-state index contributed by atoms with van der Waals surface area (Å²) in [5, 5.41) is 0. The predicted molar refractivity (Wildman–Crippen MR) is 83.5 cm³/mol. The van der Waals surface area contributed by atoms with E-state index in [9.17, 15) is 4.39 Å². The van der Waals surface area contributed by atoms with Crippen molar-refractivity contribution >= 4 is 11.4 Å². The molecule has 2 rings (SSSR count).